The molecule has 2 aliphatic heterocycles. The molecule has 210 valence electrons. The minimum Gasteiger partial charge on any atom is -0.473 e. The van der Waals surface area contributed by atoms with E-state index >= 15 is 0 Å². The molecule has 0 atom stereocenters. The topological polar surface area (TPSA) is 24.9 Å². The first-order chi connectivity index (χ1) is 20.0. The Balaban J connectivity index is 1.04. The maximum Gasteiger partial charge on any atom is 0.161 e. The maximum atomic E-state index is 6.29. The highest BCUT2D eigenvalue weighted by Gasteiger charge is 2.28. The highest BCUT2D eigenvalue weighted by atomic mass is 16.5. The fourth-order valence-corrected chi connectivity index (χ4v) is 7.25. The summed E-state index contributed by atoms with van der Waals surface area (Å²) in [6.07, 6.45) is 4.92. The summed E-state index contributed by atoms with van der Waals surface area (Å²) in [5.41, 5.74) is 12.0. The van der Waals surface area contributed by atoms with Crippen molar-refractivity contribution in [3.63, 3.8) is 0 Å². The normalized spacial score (nSPS) is 20.1. The van der Waals surface area contributed by atoms with Crippen molar-refractivity contribution in [3.05, 3.63) is 118 Å². The predicted octanol–water partition coefficient (Wildman–Crippen LogP) is 8.77. The number of ether oxygens (including phenoxy) is 2. The number of anilines is 2. The van der Waals surface area contributed by atoms with Gasteiger partial charge in [-0.05, 0) is 104 Å². The van der Waals surface area contributed by atoms with Crippen LogP contribution in [0.25, 0.3) is 0 Å². The van der Waals surface area contributed by atoms with E-state index in [1.807, 2.05) is 0 Å². The Labute approximate surface area is 244 Å². The van der Waals surface area contributed by atoms with Gasteiger partial charge >= 0.3 is 0 Å². The molecule has 0 radical (unpaired) electrons. The summed E-state index contributed by atoms with van der Waals surface area (Å²) in [5.74, 6) is 3.35. The third-order valence-electron chi connectivity index (χ3n) is 9.50. The molecule has 0 aromatic heterocycles. The summed E-state index contributed by atoms with van der Waals surface area (Å²) in [6.45, 7) is 9.60. The van der Waals surface area contributed by atoms with Gasteiger partial charge in [-0.3, -0.25) is 0 Å². The highest BCUT2D eigenvalue weighted by molar-refractivity contribution is 5.57. The van der Waals surface area contributed by atoms with E-state index in [-0.39, 0.29) is 0 Å². The minimum absolute atomic E-state index is 0.607. The van der Waals surface area contributed by atoms with Gasteiger partial charge in [-0.2, -0.15) is 0 Å². The van der Waals surface area contributed by atoms with Crippen LogP contribution in [0.4, 0.5) is 11.4 Å². The zero-order chi connectivity index (χ0) is 27.9. The van der Waals surface area contributed by atoms with Crippen molar-refractivity contribution in [1.29, 1.82) is 0 Å². The molecule has 1 saturated carbocycles. The molecule has 1 fully saturated rings. The van der Waals surface area contributed by atoms with Gasteiger partial charge in [0.25, 0.3) is 0 Å². The van der Waals surface area contributed by atoms with Crippen LogP contribution in [0.3, 0.4) is 0 Å². The van der Waals surface area contributed by atoms with Gasteiger partial charge in [-0.1, -0.05) is 60.7 Å². The standard InChI is InChI=1S/C37H40N2O2/c1-25-8-4-6-10-34(25)38-21-32-19-30(16-17-36(32)40-23-38)28-12-14-29(15-13-28)31-18-27(3)37-33(20-31)22-39(24-41-37)35-11-7-5-9-26(35)2/h4-11,16-20,28-29H,12-15,21-24H2,1-3H3. The molecule has 0 saturated heterocycles. The Morgan fingerprint density at radius 1 is 0.561 bits per heavy atom. The van der Waals surface area contributed by atoms with Gasteiger partial charge < -0.3 is 19.3 Å². The van der Waals surface area contributed by atoms with Gasteiger partial charge in [0.2, 0.25) is 0 Å². The molecule has 2 heterocycles. The SMILES string of the molecule is Cc1ccccc1N1COc2ccc(C3CCC(c4cc(C)c5c(c4)CN(c4ccccc4C)CO5)CC3)cc2C1. The van der Waals surface area contributed by atoms with Gasteiger partial charge in [0.05, 0.1) is 0 Å². The second-order valence-electron chi connectivity index (χ2n) is 12.3. The molecular weight excluding hydrogens is 504 g/mol. The van der Waals surface area contributed by atoms with E-state index in [4.69, 9.17) is 9.47 Å². The lowest BCUT2D eigenvalue weighted by Crippen LogP contribution is -2.33. The largest absolute Gasteiger partial charge is 0.473 e. The molecule has 0 bridgehead atoms. The van der Waals surface area contributed by atoms with Crippen LogP contribution in [0.1, 0.15) is 76.5 Å². The smallest absolute Gasteiger partial charge is 0.161 e. The summed E-state index contributed by atoms with van der Waals surface area (Å²) in [4.78, 5) is 4.71. The fourth-order valence-electron chi connectivity index (χ4n) is 7.25. The van der Waals surface area contributed by atoms with Crippen LogP contribution in [0.15, 0.2) is 78.9 Å². The maximum absolute atomic E-state index is 6.29. The van der Waals surface area contributed by atoms with Gasteiger partial charge in [0.1, 0.15) is 11.5 Å². The first-order valence-corrected chi connectivity index (χ1v) is 15.2. The number of rotatable bonds is 4. The molecule has 4 heteroatoms. The van der Waals surface area contributed by atoms with Crippen LogP contribution in [0.5, 0.6) is 11.5 Å². The summed E-state index contributed by atoms with van der Waals surface area (Å²) in [5, 5.41) is 0. The Morgan fingerprint density at radius 3 is 1.78 bits per heavy atom. The van der Waals surface area contributed by atoms with Crippen molar-refractivity contribution in [3.8, 4) is 11.5 Å². The Hall–Kier alpha value is -3.92. The van der Waals surface area contributed by atoms with Gasteiger partial charge in [0, 0.05) is 35.6 Å². The van der Waals surface area contributed by atoms with Gasteiger partial charge in [-0.25, -0.2) is 0 Å². The molecule has 0 unspecified atom stereocenters. The van der Waals surface area contributed by atoms with Crippen molar-refractivity contribution in [2.24, 2.45) is 0 Å². The van der Waals surface area contributed by atoms with E-state index < -0.39 is 0 Å². The molecule has 4 aromatic rings. The molecule has 1 aliphatic carbocycles. The van der Waals surface area contributed by atoms with E-state index in [1.54, 1.807) is 0 Å². The number of hydrogen-bond donors (Lipinski definition) is 0. The Kier molecular flexibility index (Phi) is 6.86. The zero-order valence-electron chi connectivity index (χ0n) is 24.5. The average molecular weight is 545 g/mol. The fraction of sp³-hybridized carbons (Fsp3) is 0.351. The van der Waals surface area contributed by atoms with Crippen LogP contribution >= 0.6 is 0 Å². The number of aryl methyl sites for hydroxylation is 3. The molecule has 0 spiro atoms. The van der Waals surface area contributed by atoms with E-state index in [9.17, 15) is 0 Å². The van der Waals surface area contributed by atoms with Crippen molar-refractivity contribution in [1.82, 2.24) is 0 Å². The second-order valence-corrected chi connectivity index (χ2v) is 12.3. The van der Waals surface area contributed by atoms with Crippen molar-refractivity contribution in [2.45, 2.75) is 71.4 Å². The minimum atomic E-state index is 0.607. The summed E-state index contributed by atoms with van der Waals surface area (Å²) >= 11 is 0. The molecular formula is C37H40N2O2. The lowest BCUT2D eigenvalue weighted by molar-refractivity contribution is 0.286. The first kappa shape index (κ1) is 26.0. The third-order valence-corrected chi connectivity index (χ3v) is 9.50. The summed E-state index contributed by atoms with van der Waals surface area (Å²) in [7, 11) is 0. The molecule has 7 rings (SSSR count). The van der Waals surface area contributed by atoms with E-state index in [0.29, 0.717) is 25.3 Å². The number of nitrogens with zero attached hydrogens (tertiary/aromatic N) is 2. The third kappa shape index (κ3) is 5.05. The predicted molar refractivity (Wildman–Crippen MR) is 167 cm³/mol. The molecule has 41 heavy (non-hydrogen) atoms. The van der Waals surface area contributed by atoms with Crippen molar-refractivity contribution in [2.75, 3.05) is 23.3 Å². The number of para-hydroxylation sites is 2. The second kappa shape index (κ2) is 10.8. The van der Waals surface area contributed by atoms with Crippen LogP contribution in [-0.2, 0) is 13.1 Å². The van der Waals surface area contributed by atoms with E-state index in [1.165, 1.54) is 76.0 Å². The monoisotopic (exact) mass is 544 g/mol. The molecule has 3 aliphatic rings. The highest BCUT2D eigenvalue weighted by Crippen LogP contribution is 2.44. The van der Waals surface area contributed by atoms with Gasteiger partial charge in [0.15, 0.2) is 13.5 Å². The Morgan fingerprint density at radius 2 is 1.12 bits per heavy atom. The molecule has 4 aromatic carbocycles. The molecule has 4 nitrogen and oxygen atoms in total. The first-order valence-electron chi connectivity index (χ1n) is 15.2. The summed E-state index contributed by atoms with van der Waals surface area (Å²) < 4.78 is 12.5. The van der Waals surface area contributed by atoms with Crippen LogP contribution in [0, 0.1) is 20.8 Å². The molecule has 0 N–H and O–H groups in total. The van der Waals surface area contributed by atoms with Crippen LogP contribution < -0.4 is 19.3 Å². The molecule has 0 amide bonds. The number of fused-ring (bicyclic) bond motifs is 2. The van der Waals surface area contributed by atoms with E-state index in [0.717, 1.165) is 24.6 Å². The van der Waals surface area contributed by atoms with Crippen molar-refractivity contribution < 1.29 is 9.47 Å². The average Bonchev–Trinajstić information content (AvgIpc) is 3.01. The lowest BCUT2D eigenvalue weighted by Gasteiger charge is -2.35. The summed E-state index contributed by atoms with van der Waals surface area (Å²) in [6, 6.07) is 29.0. The van der Waals surface area contributed by atoms with Crippen LogP contribution in [-0.4, -0.2) is 13.5 Å². The van der Waals surface area contributed by atoms with Crippen LogP contribution in [0.2, 0.25) is 0 Å². The lowest BCUT2D eigenvalue weighted by atomic mass is 9.75. The van der Waals surface area contributed by atoms with Crippen molar-refractivity contribution >= 4 is 11.4 Å². The Bertz CT molecular complexity index is 1570. The quantitative estimate of drug-likeness (QED) is 0.256. The van der Waals surface area contributed by atoms with E-state index in [2.05, 4.69) is 109 Å². The van der Waals surface area contributed by atoms with Gasteiger partial charge in [-0.15, -0.1) is 0 Å². The number of hydrogen-bond acceptors (Lipinski definition) is 4. The number of benzene rings is 4. The zero-order valence-corrected chi connectivity index (χ0v) is 24.5.